The minimum absolute atomic E-state index is 0.0723. The van der Waals surface area contributed by atoms with E-state index in [0.29, 0.717) is 6.54 Å². The highest BCUT2D eigenvalue weighted by atomic mass is 16.2. The van der Waals surface area contributed by atoms with Gasteiger partial charge in [-0.15, -0.1) is 0 Å². The molecule has 0 saturated carbocycles. The number of carbonyl (C=O) groups excluding carboxylic acids is 4. The lowest BCUT2D eigenvalue weighted by atomic mass is 9.87. The Kier molecular flexibility index (Phi) is 9.48. The molecule has 0 radical (unpaired) electrons. The largest absolute Gasteiger partial charge is 0.347 e. The minimum Gasteiger partial charge on any atom is -0.347 e. The summed E-state index contributed by atoms with van der Waals surface area (Å²) in [5, 5.41) is 9.00. The second kappa shape index (κ2) is 12.8. The van der Waals surface area contributed by atoms with Crippen LogP contribution in [-0.4, -0.2) is 96.3 Å². The molecule has 3 N–H and O–H groups in total. The SMILES string of the molecule is CN[C@@H](C)C(=O)N[C@H](C(=O)N1CCN(C(=O)N2CCCC2)C[C@H]1C(=O)NC1CCCc2ccccc21)C(C)C. The molecule has 2 heterocycles. The lowest BCUT2D eigenvalue weighted by Crippen LogP contribution is -2.66. The number of aryl methyl sites for hydroxylation is 1. The Balaban J connectivity index is 1.56. The molecule has 1 unspecified atom stereocenters. The molecule has 0 spiro atoms. The molecular weight excluding hydrogens is 496 g/mol. The van der Waals surface area contributed by atoms with Crippen molar-refractivity contribution in [2.24, 2.45) is 5.92 Å². The Hall–Kier alpha value is -3.14. The standard InChI is InChI=1S/C29H44N6O4/c1-19(2)25(32-26(36)20(3)30-4)28(38)35-17-16-34(29(39)33-14-7-8-15-33)18-24(35)27(37)31-23-13-9-11-21-10-5-6-12-22(21)23/h5-6,10,12,19-20,23-25,30H,7-9,11,13-18H2,1-4H3,(H,31,37)(H,32,36)/t20-,23?,24-,25-/m0/s1. The highest BCUT2D eigenvalue weighted by molar-refractivity contribution is 5.94. The summed E-state index contributed by atoms with van der Waals surface area (Å²) in [5.74, 6) is -1.00. The summed E-state index contributed by atoms with van der Waals surface area (Å²) in [6.07, 6.45) is 4.74. The maximum atomic E-state index is 13.9. The molecule has 5 amide bonds. The third kappa shape index (κ3) is 6.54. The molecule has 2 aliphatic heterocycles. The van der Waals surface area contributed by atoms with E-state index in [-0.39, 0.29) is 48.8 Å². The zero-order valence-electron chi connectivity index (χ0n) is 23.7. The van der Waals surface area contributed by atoms with Gasteiger partial charge in [0.25, 0.3) is 0 Å². The molecule has 39 heavy (non-hydrogen) atoms. The Bertz CT molecular complexity index is 1060. The lowest BCUT2D eigenvalue weighted by Gasteiger charge is -2.43. The summed E-state index contributed by atoms with van der Waals surface area (Å²) in [5.41, 5.74) is 2.35. The number of hydrogen-bond acceptors (Lipinski definition) is 5. The number of fused-ring (bicyclic) bond motifs is 1. The van der Waals surface area contributed by atoms with E-state index in [0.717, 1.165) is 50.8 Å². The van der Waals surface area contributed by atoms with Crippen LogP contribution in [0.15, 0.2) is 24.3 Å². The van der Waals surface area contributed by atoms with Crippen molar-refractivity contribution in [3.05, 3.63) is 35.4 Å². The number of likely N-dealkylation sites (N-methyl/N-ethyl adjacent to an activating group) is 1. The Morgan fingerprint density at radius 2 is 1.64 bits per heavy atom. The number of piperazine rings is 1. The van der Waals surface area contributed by atoms with E-state index < -0.39 is 18.1 Å². The monoisotopic (exact) mass is 540 g/mol. The van der Waals surface area contributed by atoms with Crippen LogP contribution in [0, 0.1) is 5.92 Å². The van der Waals surface area contributed by atoms with Crippen molar-refractivity contribution in [1.29, 1.82) is 0 Å². The molecule has 0 bridgehead atoms. The first-order valence-electron chi connectivity index (χ1n) is 14.4. The minimum atomic E-state index is -0.841. The number of nitrogens with zero attached hydrogens (tertiary/aromatic N) is 3. The van der Waals surface area contributed by atoms with E-state index in [9.17, 15) is 19.2 Å². The van der Waals surface area contributed by atoms with Crippen LogP contribution >= 0.6 is 0 Å². The molecule has 2 fully saturated rings. The maximum absolute atomic E-state index is 13.9. The van der Waals surface area contributed by atoms with Crippen LogP contribution in [0.4, 0.5) is 4.79 Å². The van der Waals surface area contributed by atoms with E-state index in [1.807, 2.05) is 30.9 Å². The number of nitrogens with one attached hydrogen (secondary N) is 3. The van der Waals surface area contributed by atoms with Crippen LogP contribution in [0.1, 0.15) is 63.6 Å². The summed E-state index contributed by atoms with van der Waals surface area (Å²) in [6, 6.07) is 5.87. The number of likely N-dealkylation sites (tertiary alicyclic amines) is 1. The fourth-order valence-electron chi connectivity index (χ4n) is 5.83. The Labute approximate surface area is 231 Å². The van der Waals surface area contributed by atoms with Gasteiger partial charge >= 0.3 is 6.03 Å². The van der Waals surface area contributed by atoms with Crippen LogP contribution < -0.4 is 16.0 Å². The van der Waals surface area contributed by atoms with Gasteiger partial charge < -0.3 is 30.7 Å². The predicted molar refractivity (Wildman–Crippen MR) is 149 cm³/mol. The summed E-state index contributed by atoms with van der Waals surface area (Å²) in [7, 11) is 1.69. The van der Waals surface area contributed by atoms with Gasteiger partial charge in [-0.2, -0.15) is 0 Å². The zero-order chi connectivity index (χ0) is 28.1. The molecule has 1 aromatic rings. The van der Waals surface area contributed by atoms with Crippen molar-refractivity contribution < 1.29 is 19.2 Å². The van der Waals surface area contributed by atoms with Crippen LogP contribution in [0.5, 0.6) is 0 Å². The molecule has 1 aromatic carbocycles. The van der Waals surface area contributed by atoms with E-state index >= 15 is 0 Å². The van der Waals surface area contributed by atoms with E-state index in [1.54, 1.807) is 23.8 Å². The van der Waals surface area contributed by atoms with Gasteiger partial charge in [-0.1, -0.05) is 38.1 Å². The van der Waals surface area contributed by atoms with Crippen molar-refractivity contribution in [3.63, 3.8) is 0 Å². The van der Waals surface area contributed by atoms with Gasteiger partial charge in [0, 0.05) is 26.2 Å². The molecule has 4 atom stereocenters. The smallest absolute Gasteiger partial charge is 0.320 e. The molecule has 10 nitrogen and oxygen atoms in total. The lowest BCUT2D eigenvalue weighted by molar-refractivity contribution is -0.147. The van der Waals surface area contributed by atoms with Gasteiger partial charge in [0.1, 0.15) is 12.1 Å². The number of benzene rings is 1. The molecule has 214 valence electrons. The topological polar surface area (TPSA) is 114 Å². The summed E-state index contributed by atoms with van der Waals surface area (Å²) >= 11 is 0. The highest BCUT2D eigenvalue weighted by Gasteiger charge is 2.42. The van der Waals surface area contributed by atoms with E-state index in [4.69, 9.17) is 0 Å². The fraction of sp³-hybridized carbons (Fsp3) is 0.655. The van der Waals surface area contributed by atoms with Crippen molar-refractivity contribution in [3.8, 4) is 0 Å². The second-order valence-corrected chi connectivity index (χ2v) is 11.4. The van der Waals surface area contributed by atoms with Crippen LogP contribution in [0.2, 0.25) is 0 Å². The van der Waals surface area contributed by atoms with Crippen molar-refractivity contribution >= 4 is 23.8 Å². The molecule has 10 heteroatoms. The molecule has 4 rings (SSSR count). The van der Waals surface area contributed by atoms with Crippen LogP contribution in [-0.2, 0) is 20.8 Å². The van der Waals surface area contributed by atoms with E-state index in [1.165, 1.54) is 5.56 Å². The first-order chi connectivity index (χ1) is 18.7. The van der Waals surface area contributed by atoms with E-state index in [2.05, 4.69) is 28.1 Å². The molecule has 1 aliphatic carbocycles. The number of carbonyl (C=O) groups is 4. The first kappa shape index (κ1) is 28.9. The van der Waals surface area contributed by atoms with Gasteiger partial charge in [0.2, 0.25) is 17.7 Å². The first-order valence-corrected chi connectivity index (χ1v) is 14.4. The van der Waals surface area contributed by atoms with Crippen LogP contribution in [0.25, 0.3) is 0 Å². The van der Waals surface area contributed by atoms with Crippen molar-refractivity contribution in [2.45, 2.75) is 77.0 Å². The Morgan fingerprint density at radius 3 is 2.33 bits per heavy atom. The average molecular weight is 541 g/mol. The maximum Gasteiger partial charge on any atom is 0.320 e. The second-order valence-electron chi connectivity index (χ2n) is 11.4. The molecule has 2 saturated heterocycles. The number of amides is 5. The highest BCUT2D eigenvalue weighted by Crippen LogP contribution is 2.30. The average Bonchev–Trinajstić information content (AvgIpc) is 3.49. The normalized spacial score (nSPS) is 22.7. The number of rotatable bonds is 7. The van der Waals surface area contributed by atoms with Crippen LogP contribution in [0.3, 0.4) is 0 Å². The van der Waals surface area contributed by atoms with Gasteiger partial charge in [0.15, 0.2) is 0 Å². The van der Waals surface area contributed by atoms with Crippen molar-refractivity contribution in [2.75, 3.05) is 39.8 Å². The van der Waals surface area contributed by atoms with Gasteiger partial charge in [-0.3, -0.25) is 14.4 Å². The number of hydrogen-bond donors (Lipinski definition) is 3. The molecule has 3 aliphatic rings. The van der Waals surface area contributed by atoms with Gasteiger partial charge in [-0.05, 0) is 63.1 Å². The zero-order valence-corrected chi connectivity index (χ0v) is 23.7. The molecular formula is C29H44N6O4. The Morgan fingerprint density at radius 1 is 0.923 bits per heavy atom. The summed E-state index contributed by atoms with van der Waals surface area (Å²) < 4.78 is 0. The van der Waals surface area contributed by atoms with Gasteiger partial charge in [-0.25, -0.2) is 4.79 Å². The summed E-state index contributed by atoms with van der Waals surface area (Å²) in [4.78, 5) is 58.9. The predicted octanol–water partition coefficient (Wildman–Crippen LogP) is 1.66. The quantitative estimate of drug-likeness (QED) is 0.487. The third-order valence-electron chi connectivity index (χ3n) is 8.36. The fourth-order valence-corrected chi connectivity index (χ4v) is 5.83. The van der Waals surface area contributed by atoms with Gasteiger partial charge in [0.05, 0.1) is 18.6 Å². The molecule has 0 aromatic heterocycles. The third-order valence-corrected chi connectivity index (χ3v) is 8.36. The summed E-state index contributed by atoms with van der Waals surface area (Å²) in [6.45, 7) is 7.66. The number of urea groups is 1. The van der Waals surface area contributed by atoms with Crippen molar-refractivity contribution in [1.82, 2.24) is 30.7 Å².